The van der Waals surface area contributed by atoms with E-state index in [0.717, 1.165) is 0 Å². The first-order chi connectivity index (χ1) is 9.42. The third kappa shape index (κ3) is 1.06. The summed E-state index contributed by atoms with van der Waals surface area (Å²) in [5.41, 5.74) is 2.42. The molecule has 1 N–H and O–H groups in total. The monoisotopic (exact) mass is 241 g/mol. The molecule has 1 heterocycles. The number of rotatable bonds is 0. The second kappa shape index (κ2) is 3.07. The summed E-state index contributed by atoms with van der Waals surface area (Å²) in [6.07, 6.45) is 0. The molecule has 1 heteroatoms. The van der Waals surface area contributed by atoms with Crippen LogP contribution in [-0.2, 0) is 0 Å². The van der Waals surface area contributed by atoms with E-state index in [2.05, 4.69) is 65.6 Å². The summed E-state index contributed by atoms with van der Waals surface area (Å²) in [6, 6.07) is 21.8. The number of nitrogens with one attached hydrogen (secondary N) is 1. The SMILES string of the molecule is c1ccc2c(c1)[nH]c1ccc3ccc4ccc2c1c34. The smallest absolute Gasteiger partial charge is 0.0471 e. The molecule has 0 saturated heterocycles. The minimum Gasteiger partial charge on any atom is -0.354 e. The third-order valence-electron chi connectivity index (χ3n) is 4.15. The van der Waals surface area contributed by atoms with Gasteiger partial charge >= 0.3 is 0 Å². The summed E-state index contributed by atoms with van der Waals surface area (Å²) in [6.45, 7) is 0. The molecule has 0 radical (unpaired) electrons. The van der Waals surface area contributed by atoms with Crippen LogP contribution >= 0.6 is 0 Å². The van der Waals surface area contributed by atoms with Crippen LogP contribution in [-0.4, -0.2) is 4.98 Å². The number of para-hydroxylation sites is 1. The van der Waals surface area contributed by atoms with Gasteiger partial charge in [0.15, 0.2) is 0 Å². The molecule has 0 spiro atoms. The fourth-order valence-corrected chi connectivity index (χ4v) is 3.31. The molecule has 0 unspecified atom stereocenters. The zero-order valence-corrected chi connectivity index (χ0v) is 10.3. The van der Waals surface area contributed by atoms with Crippen molar-refractivity contribution in [2.45, 2.75) is 0 Å². The predicted molar refractivity (Wildman–Crippen MR) is 82.0 cm³/mol. The van der Waals surface area contributed by atoms with Crippen LogP contribution in [0.3, 0.4) is 0 Å². The van der Waals surface area contributed by atoms with Gasteiger partial charge in [0, 0.05) is 21.8 Å². The van der Waals surface area contributed by atoms with E-state index >= 15 is 0 Å². The number of H-pyrrole nitrogens is 1. The molecule has 0 amide bonds. The lowest BCUT2D eigenvalue weighted by Crippen LogP contribution is -1.86. The second-order valence-corrected chi connectivity index (χ2v) is 5.16. The summed E-state index contributed by atoms with van der Waals surface area (Å²) in [4.78, 5) is 3.56. The number of fused-ring (bicyclic) bond motifs is 2. The minimum atomic E-state index is 1.20. The van der Waals surface area contributed by atoms with Gasteiger partial charge in [-0.15, -0.1) is 0 Å². The Morgan fingerprint density at radius 3 is 2.16 bits per heavy atom. The van der Waals surface area contributed by atoms with Crippen LogP contribution in [0.5, 0.6) is 0 Å². The van der Waals surface area contributed by atoms with Crippen molar-refractivity contribution in [3.63, 3.8) is 0 Å². The average molecular weight is 241 g/mol. The van der Waals surface area contributed by atoms with Crippen molar-refractivity contribution in [1.29, 1.82) is 0 Å². The molecule has 0 saturated carbocycles. The molecule has 0 aliphatic carbocycles. The number of hydrogen-bond acceptors (Lipinski definition) is 0. The van der Waals surface area contributed by atoms with E-state index in [1.807, 2.05) is 0 Å². The Balaban J connectivity index is 2.25. The van der Waals surface area contributed by atoms with Gasteiger partial charge in [-0.05, 0) is 33.7 Å². The van der Waals surface area contributed by atoms with Crippen LogP contribution in [0.25, 0.3) is 43.4 Å². The van der Waals surface area contributed by atoms with Gasteiger partial charge in [0.25, 0.3) is 0 Å². The number of aromatic amines is 1. The number of pyridine rings is 1. The van der Waals surface area contributed by atoms with Crippen molar-refractivity contribution in [3.8, 4) is 0 Å². The van der Waals surface area contributed by atoms with E-state index < -0.39 is 0 Å². The van der Waals surface area contributed by atoms with Gasteiger partial charge in [-0.3, -0.25) is 0 Å². The fourth-order valence-electron chi connectivity index (χ4n) is 3.31. The van der Waals surface area contributed by atoms with Gasteiger partial charge in [0.05, 0.1) is 0 Å². The Kier molecular flexibility index (Phi) is 1.52. The Hall–Kier alpha value is -2.54. The number of benzene rings is 3. The topological polar surface area (TPSA) is 15.8 Å². The molecule has 1 nitrogen and oxygen atoms in total. The summed E-state index contributed by atoms with van der Waals surface area (Å²) < 4.78 is 0. The molecular formula is C18H11N. The highest BCUT2D eigenvalue weighted by molar-refractivity contribution is 6.27. The Morgan fingerprint density at radius 1 is 0.526 bits per heavy atom. The molecular weight excluding hydrogens is 230 g/mol. The minimum absolute atomic E-state index is 1.20. The molecule has 4 aromatic carbocycles. The zero-order chi connectivity index (χ0) is 12.4. The Labute approximate surface area is 109 Å². The van der Waals surface area contributed by atoms with Gasteiger partial charge < -0.3 is 4.98 Å². The van der Waals surface area contributed by atoms with E-state index in [4.69, 9.17) is 0 Å². The summed E-state index contributed by atoms with van der Waals surface area (Å²) in [5, 5.41) is 8.04. The van der Waals surface area contributed by atoms with Crippen molar-refractivity contribution >= 4 is 43.4 Å². The first kappa shape index (κ1) is 9.40. The van der Waals surface area contributed by atoms with Crippen molar-refractivity contribution in [1.82, 2.24) is 4.98 Å². The number of aromatic nitrogens is 1. The summed E-state index contributed by atoms with van der Waals surface area (Å²) in [7, 11) is 0. The van der Waals surface area contributed by atoms with Crippen molar-refractivity contribution < 1.29 is 0 Å². The maximum absolute atomic E-state index is 3.56. The van der Waals surface area contributed by atoms with E-state index in [1.54, 1.807) is 0 Å². The van der Waals surface area contributed by atoms with Crippen LogP contribution in [0.1, 0.15) is 0 Å². The second-order valence-electron chi connectivity index (χ2n) is 5.16. The van der Waals surface area contributed by atoms with E-state index in [-0.39, 0.29) is 0 Å². The van der Waals surface area contributed by atoms with Crippen LogP contribution in [0, 0.1) is 0 Å². The highest BCUT2D eigenvalue weighted by Gasteiger charge is 2.11. The highest BCUT2D eigenvalue weighted by Crippen LogP contribution is 2.37. The van der Waals surface area contributed by atoms with Crippen LogP contribution in [0.2, 0.25) is 0 Å². The lowest BCUT2D eigenvalue weighted by molar-refractivity contribution is 1.52. The molecule has 88 valence electrons. The molecule has 1 aromatic heterocycles. The lowest BCUT2D eigenvalue weighted by Gasteiger charge is -2.10. The molecule has 0 fully saturated rings. The number of hydrogen-bond donors (Lipinski definition) is 1. The maximum atomic E-state index is 3.56. The summed E-state index contributed by atoms with van der Waals surface area (Å²) in [5.74, 6) is 0. The standard InChI is InChI=1S/C18H11N/c1-2-4-15-13(3-1)14-9-7-11-5-6-12-8-10-16(19-15)18(14)17(11)12/h1-10,19H. The third-order valence-corrected chi connectivity index (χ3v) is 4.15. The van der Waals surface area contributed by atoms with Gasteiger partial charge in [0.1, 0.15) is 0 Å². The normalized spacial score (nSPS) is 12.2. The Bertz CT molecular complexity index is 1040. The first-order valence-corrected chi connectivity index (χ1v) is 6.56. The zero-order valence-electron chi connectivity index (χ0n) is 10.3. The van der Waals surface area contributed by atoms with Gasteiger partial charge in [-0.2, -0.15) is 0 Å². The molecule has 0 aliphatic heterocycles. The van der Waals surface area contributed by atoms with E-state index in [0.29, 0.717) is 0 Å². The van der Waals surface area contributed by atoms with E-state index in [9.17, 15) is 0 Å². The Morgan fingerprint density at radius 2 is 1.26 bits per heavy atom. The van der Waals surface area contributed by atoms with Crippen molar-refractivity contribution in [3.05, 3.63) is 60.7 Å². The van der Waals surface area contributed by atoms with Crippen LogP contribution in [0.15, 0.2) is 60.7 Å². The predicted octanol–water partition coefficient (Wildman–Crippen LogP) is 5.07. The van der Waals surface area contributed by atoms with Crippen molar-refractivity contribution in [2.75, 3.05) is 0 Å². The van der Waals surface area contributed by atoms with Gasteiger partial charge in [-0.25, -0.2) is 0 Å². The van der Waals surface area contributed by atoms with Crippen LogP contribution < -0.4 is 0 Å². The molecule has 0 atom stereocenters. The molecule has 5 aromatic rings. The van der Waals surface area contributed by atoms with Crippen molar-refractivity contribution in [2.24, 2.45) is 0 Å². The molecule has 0 bridgehead atoms. The molecule has 19 heavy (non-hydrogen) atoms. The van der Waals surface area contributed by atoms with Crippen LogP contribution in [0.4, 0.5) is 0 Å². The lowest BCUT2D eigenvalue weighted by atomic mass is 9.98. The van der Waals surface area contributed by atoms with E-state index in [1.165, 1.54) is 43.4 Å². The fraction of sp³-hybridized carbons (Fsp3) is 0. The summed E-state index contributed by atoms with van der Waals surface area (Å²) >= 11 is 0. The van der Waals surface area contributed by atoms with Gasteiger partial charge in [0.2, 0.25) is 0 Å². The quantitative estimate of drug-likeness (QED) is 0.288. The van der Waals surface area contributed by atoms with Gasteiger partial charge in [-0.1, -0.05) is 48.5 Å². The highest BCUT2D eigenvalue weighted by atomic mass is 14.7. The first-order valence-electron chi connectivity index (χ1n) is 6.56. The molecule has 0 aliphatic rings. The largest absolute Gasteiger partial charge is 0.354 e. The average Bonchev–Trinajstić information content (AvgIpc) is 2.89. The molecule has 5 rings (SSSR count). The maximum Gasteiger partial charge on any atom is 0.0471 e.